The van der Waals surface area contributed by atoms with Crippen LogP contribution in [0, 0.1) is 11.8 Å². The first-order valence-electron chi connectivity index (χ1n) is 24.2. The number of aliphatic hydroxyl groups is 2. The molecule has 1 rings (SSSR count). The Bertz CT molecular complexity index is 1250. The van der Waals surface area contributed by atoms with Gasteiger partial charge in [-0.1, -0.05) is 160 Å². The number of hydrogen-bond donors (Lipinski definition) is 3. The number of quaternary nitrogens is 1. The first-order valence-corrected chi connectivity index (χ1v) is 25.7. The summed E-state index contributed by atoms with van der Waals surface area (Å²) in [5.41, 5.74) is 0. The maximum absolute atomic E-state index is 12.8. The van der Waals surface area contributed by atoms with Gasteiger partial charge in [0.05, 0.1) is 40.0 Å². The highest BCUT2D eigenvalue weighted by atomic mass is 31.2. The van der Waals surface area contributed by atoms with Crippen molar-refractivity contribution in [3.63, 3.8) is 0 Å². The van der Waals surface area contributed by atoms with E-state index in [1.54, 1.807) is 12.2 Å². The van der Waals surface area contributed by atoms with E-state index in [9.17, 15) is 34.1 Å². The summed E-state index contributed by atoms with van der Waals surface area (Å²) in [6.45, 7) is 4.03. The zero-order valence-electron chi connectivity index (χ0n) is 39.1. The number of phosphoric ester groups is 1. The van der Waals surface area contributed by atoms with Crippen molar-refractivity contribution in [2.24, 2.45) is 11.8 Å². The van der Waals surface area contributed by atoms with Gasteiger partial charge in [0.2, 0.25) is 0 Å². The van der Waals surface area contributed by atoms with Crippen LogP contribution in [-0.4, -0.2) is 103 Å². The minimum atomic E-state index is -4.45. The van der Waals surface area contributed by atoms with E-state index in [0.29, 0.717) is 43.1 Å². The standard InChI is InChI=1S/C48H88NO11P/c1-6-8-10-11-12-13-14-15-16-17-18-19-20-21-22-23-28-32-47(53)57-39-42(40-59-61(55,56)58-37-36-49(3,4)5)60-48(54)33-29-25-24-27-31-43-44(46(52)38-45(43)51)35-34-41(50)30-26-9-7-2/h24,27,34-35,41-45,50-51H,6-23,25-26,28-33,36-40H2,1-5H3/p+1/b27-24-,35-34+/t41-,42+,43+,44+,45-/m0/s1. The van der Waals surface area contributed by atoms with Gasteiger partial charge in [0.15, 0.2) is 6.10 Å². The number of unbranched alkanes of at least 4 members (excludes halogenated alkanes) is 19. The monoisotopic (exact) mass is 887 g/mol. The summed E-state index contributed by atoms with van der Waals surface area (Å²) in [4.78, 5) is 48.2. The van der Waals surface area contributed by atoms with E-state index in [4.69, 9.17) is 18.5 Å². The average molecular weight is 887 g/mol. The summed E-state index contributed by atoms with van der Waals surface area (Å²) in [6, 6.07) is 0. The Morgan fingerprint density at radius 3 is 1.87 bits per heavy atom. The number of hydrogen-bond acceptors (Lipinski definition) is 10. The van der Waals surface area contributed by atoms with Crippen LogP contribution in [0.25, 0.3) is 0 Å². The number of rotatable bonds is 40. The van der Waals surface area contributed by atoms with E-state index in [0.717, 1.165) is 38.5 Å². The third-order valence-electron chi connectivity index (χ3n) is 11.4. The summed E-state index contributed by atoms with van der Waals surface area (Å²) in [6.07, 6.45) is 31.6. The zero-order chi connectivity index (χ0) is 45.2. The van der Waals surface area contributed by atoms with Gasteiger partial charge in [0, 0.05) is 31.1 Å². The minimum absolute atomic E-state index is 0.0147. The lowest BCUT2D eigenvalue weighted by atomic mass is 9.90. The molecule has 61 heavy (non-hydrogen) atoms. The molecule has 6 atom stereocenters. The molecule has 1 aliphatic rings. The molecule has 356 valence electrons. The van der Waals surface area contributed by atoms with Gasteiger partial charge < -0.3 is 29.1 Å². The molecule has 0 aromatic heterocycles. The van der Waals surface area contributed by atoms with Crippen LogP contribution in [0.3, 0.4) is 0 Å². The first-order chi connectivity index (χ1) is 29.2. The highest BCUT2D eigenvalue weighted by molar-refractivity contribution is 7.47. The maximum Gasteiger partial charge on any atom is 0.472 e. The molecule has 1 fully saturated rings. The predicted molar refractivity (Wildman–Crippen MR) is 244 cm³/mol. The molecule has 0 aliphatic heterocycles. The third-order valence-corrected chi connectivity index (χ3v) is 12.3. The van der Waals surface area contributed by atoms with Gasteiger partial charge in [-0.05, 0) is 32.1 Å². The van der Waals surface area contributed by atoms with Crippen LogP contribution < -0.4 is 0 Å². The molecule has 0 aromatic rings. The van der Waals surface area contributed by atoms with Crippen molar-refractivity contribution in [2.75, 3.05) is 47.5 Å². The van der Waals surface area contributed by atoms with E-state index in [1.807, 2.05) is 33.3 Å². The molecule has 1 saturated carbocycles. The van der Waals surface area contributed by atoms with Gasteiger partial charge in [-0.3, -0.25) is 23.4 Å². The summed E-state index contributed by atoms with van der Waals surface area (Å²) in [7, 11) is 1.32. The number of Topliss-reactive ketones (excluding diaryl/α,β-unsaturated/α-hetero) is 1. The topological polar surface area (TPSA) is 166 Å². The van der Waals surface area contributed by atoms with Crippen molar-refractivity contribution in [2.45, 2.75) is 206 Å². The Balaban J connectivity index is 2.45. The van der Waals surface area contributed by atoms with Gasteiger partial charge >= 0.3 is 19.8 Å². The molecule has 3 N–H and O–H groups in total. The molecular weight excluding hydrogens is 797 g/mol. The van der Waals surface area contributed by atoms with E-state index in [1.165, 1.54) is 83.5 Å². The summed E-state index contributed by atoms with van der Waals surface area (Å²) in [5, 5.41) is 20.8. The lowest BCUT2D eigenvalue weighted by Crippen LogP contribution is -2.37. The quantitative estimate of drug-likeness (QED) is 0.0176. The number of phosphoric acid groups is 1. The number of nitrogens with zero attached hydrogens (tertiary/aromatic N) is 1. The van der Waals surface area contributed by atoms with Crippen molar-refractivity contribution < 1.29 is 57.1 Å². The highest BCUT2D eigenvalue weighted by Gasteiger charge is 2.39. The molecule has 0 bridgehead atoms. The maximum atomic E-state index is 12.8. The molecule has 0 aromatic carbocycles. The predicted octanol–water partition coefficient (Wildman–Crippen LogP) is 10.5. The van der Waals surface area contributed by atoms with E-state index < -0.39 is 50.6 Å². The van der Waals surface area contributed by atoms with Crippen LogP contribution in [-0.2, 0) is 37.5 Å². The lowest BCUT2D eigenvalue weighted by Gasteiger charge is -2.24. The van der Waals surface area contributed by atoms with Crippen molar-refractivity contribution in [3.05, 3.63) is 24.3 Å². The van der Waals surface area contributed by atoms with E-state index >= 15 is 0 Å². The minimum Gasteiger partial charge on any atom is -0.462 e. The van der Waals surface area contributed by atoms with Crippen LogP contribution >= 0.6 is 7.82 Å². The Labute approximate surface area is 370 Å². The van der Waals surface area contributed by atoms with Crippen LogP contribution in [0.4, 0.5) is 0 Å². The summed E-state index contributed by atoms with van der Waals surface area (Å²) < 4.78 is 34.3. The number of carbonyl (C=O) groups is 3. The largest absolute Gasteiger partial charge is 0.472 e. The fourth-order valence-corrected chi connectivity index (χ4v) is 8.21. The number of aliphatic hydroxyl groups excluding tert-OH is 2. The number of allylic oxidation sites excluding steroid dienone is 3. The molecule has 0 heterocycles. The summed E-state index contributed by atoms with van der Waals surface area (Å²) in [5.74, 6) is -1.74. The molecule has 0 saturated heterocycles. The van der Waals surface area contributed by atoms with Gasteiger partial charge in [-0.15, -0.1) is 0 Å². The normalized spacial score (nSPS) is 19.1. The van der Waals surface area contributed by atoms with Crippen molar-refractivity contribution in [1.29, 1.82) is 0 Å². The number of ether oxygens (including phenoxy) is 2. The van der Waals surface area contributed by atoms with Crippen LogP contribution in [0.5, 0.6) is 0 Å². The second-order valence-corrected chi connectivity index (χ2v) is 19.7. The van der Waals surface area contributed by atoms with Gasteiger partial charge in [-0.25, -0.2) is 4.57 Å². The van der Waals surface area contributed by atoms with Crippen LogP contribution in [0.2, 0.25) is 0 Å². The molecular formula is C48H89NO11P+. The number of carbonyl (C=O) groups excluding carboxylic acids is 3. The average Bonchev–Trinajstić information content (AvgIpc) is 3.47. The molecule has 1 unspecified atom stereocenters. The second-order valence-electron chi connectivity index (χ2n) is 18.3. The molecule has 12 nitrogen and oxygen atoms in total. The van der Waals surface area contributed by atoms with Gasteiger partial charge in [0.1, 0.15) is 25.5 Å². The zero-order valence-corrected chi connectivity index (χ0v) is 40.0. The molecule has 13 heteroatoms. The Morgan fingerprint density at radius 1 is 0.754 bits per heavy atom. The Hall–Kier alpha value is -1.92. The van der Waals surface area contributed by atoms with Crippen molar-refractivity contribution in [3.8, 4) is 0 Å². The fourth-order valence-electron chi connectivity index (χ4n) is 7.47. The molecule has 0 amide bonds. The SMILES string of the molecule is CCCCCCCCCCCCCCCCCCCC(=O)OC[C@H](COP(=O)(O)OCC[N+](C)(C)C)OC(=O)CCC/C=C\C[C@H]1[C@@H](O)CC(=O)[C@@H]1/C=C/[C@@H](O)CCCCC. The van der Waals surface area contributed by atoms with Crippen LogP contribution in [0.15, 0.2) is 24.3 Å². The smallest absolute Gasteiger partial charge is 0.462 e. The molecule has 1 aliphatic carbocycles. The number of esters is 2. The van der Waals surface area contributed by atoms with Crippen LogP contribution in [0.1, 0.15) is 187 Å². The van der Waals surface area contributed by atoms with Crippen molar-refractivity contribution in [1.82, 2.24) is 0 Å². The highest BCUT2D eigenvalue weighted by Crippen LogP contribution is 2.43. The van der Waals surface area contributed by atoms with E-state index in [2.05, 4.69) is 13.8 Å². The fraction of sp³-hybridized carbons (Fsp3) is 0.854. The Kier molecular flexibility index (Phi) is 33.2. The van der Waals surface area contributed by atoms with Crippen molar-refractivity contribution >= 4 is 25.5 Å². The van der Waals surface area contributed by atoms with Gasteiger partial charge in [-0.2, -0.15) is 0 Å². The second kappa shape index (κ2) is 35.4. The number of likely N-dealkylation sites (N-methyl/N-ethyl adjacent to an activating group) is 1. The third kappa shape index (κ3) is 32.4. The summed E-state index contributed by atoms with van der Waals surface area (Å²) >= 11 is 0. The molecule has 0 spiro atoms. The first kappa shape index (κ1) is 57.1. The van der Waals surface area contributed by atoms with E-state index in [-0.39, 0.29) is 44.2 Å². The molecule has 0 radical (unpaired) electrons. The van der Waals surface area contributed by atoms with Gasteiger partial charge in [0.25, 0.3) is 0 Å². The lowest BCUT2D eigenvalue weighted by molar-refractivity contribution is -0.870. The Morgan fingerprint density at radius 2 is 1.30 bits per heavy atom. The number of ketones is 1.